The molecule has 1 aromatic carbocycles. The predicted octanol–water partition coefficient (Wildman–Crippen LogP) is 2.93. The Morgan fingerprint density at radius 2 is 1.96 bits per heavy atom. The third-order valence-corrected chi connectivity index (χ3v) is 6.14. The van der Waals surface area contributed by atoms with E-state index in [2.05, 4.69) is 21.3 Å². The zero-order valence-corrected chi connectivity index (χ0v) is 15.2. The number of nitrogens with one attached hydrogen (secondary N) is 1. The molecule has 0 aliphatic carbocycles. The first-order chi connectivity index (χ1) is 12.7. The fourth-order valence-corrected chi connectivity index (χ4v) is 4.44. The fourth-order valence-electron chi connectivity index (χ4n) is 3.68. The number of hydrogen-bond acceptors (Lipinski definition) is 5. The highest BCUT2D eigenvalue weighted by molar-refractivity contribution is 7.99. The van der Waals surface area contributed by atoms with Crippen molar-refractivity contribution in [2.75, 3.05) is 19.6 Å². The zero-order valence-electron chi connectivity index (χ0n) is 14.4. The van der Waals surface area contributed by atoms with Gasteiger partial charge < -0.3 is 10.2 Å². The van der Waals surface area contributed by atoms with Gasteiger partial charge in [0.1, 0.15) is 11.1 Å². The molecule has 0 unspecified atom stereocenters. The van der Waals surface area contributed by atoms with Gasteiger partial charge >= 0.3 is 0 Å². The summed E-state index contributed by atoms with van der Waals surface area (Å²) in [5.74, 6) is 0.637. The van der Waals surface area contributed by atoms with Gasteiger partial charge in [0.25, 0.3) is 5.91 Å². The van der Waals surface area contributed by atoms with Gasteiger partial charge in [-0.2, -0.15) is 5.26 Å². The molecule has 3 aliphatic rings. The number of fused-ring (bicyclic) bond motifs is 3. The molecule has 4 heterocycles. The average Bonchev–Trinajstić information content (AvgIpc) is 2.70. The number of nitriles is 1. The summed E-state index contributed by atoms with van der Waals surface area (Å²) >= 11 is 1.51. The fraction of sp³-hybridized carbons (Fsp3) is 0.350. The Kier molecular flexibility index (Phi) is 4.91. The Morgan fingerprint density at radius 1 is 1.19 bits per heavy atom. The van der Waals surface area contributed by atoms with Crippen LogP contribution < -0.4 is 5.32 Å². The summed E-state index contributed by atoms with van der Waals surface area (Å²) in [6.07, 6.45) is 3.95. The summed E-state index contributed by atoms with van der Waals surface area (Å²) in [5, 5.41) is 12.9. The lowest BCUT2D eigenvalue weighted by Gasteiger charge is -2.44. The molecule has 1 N–H and O–H groups in total. The van der Waals surface area contributed by atoms with Gasteiger partial charge in [-0.15, -0.1) is 0 Å². The van der Waals surface area contributed by atoms with Crippen molar-refractivity contribution in [3.05, 3.63) is 53.7 Å². The molecule has 0 radical (unpaired) electrons. The SMILES string of the molecule is N#Cc1ccc(Sc2ccc(C(=O)N[C@H]3CN4CCC3CC4)cc2)nc1. The number of aromatic nitrogens is 1. The smallest absolute Gasteiger partial charge is 0.251 e. The van der Waals surface area contributed by atoms with Crippen molar-refractivity contribution in [1.82, 2.24) is 15.2 Å². The molecule has 2 bridgehead atoms. The normalized spacial score (nSPS) is 24.0. The Morgan fingerprint density at radius 3 is 2.54 bits per heavy atom. The molecular formula is C20H20N4OS. The Balaban J connectivity index is 1.37. The molecule has 5 rings (SSSR count). The van der Waals surface area contributed by atoms with Crippen molar-refractivity contribution in [3.63, 3.8) is 0 Å². The quantitative estimate of drug-likeness (QED) is 0.903. The number of carbonyl (C=O) groups is 1. The van der Waals surface area contributed by atoms with Gasteiger partial charge in [0.2, 0.25) is 0 Å². The van der Waals surface area contributed by atoms with Gasteiger partial charge in [0.05, 0.1) is 5.56 Å². The van der Waals surface area contributed by atoms with Crippen LogP contribution in [-0.4, -0.2) is 41.5 Å². The van der Waals surface area contributed by atoms with Crippen LogP contribution in [0.3, 0.4) is 0 Å². The van der Waals surface area contributed by atoms with Gasteiger partial charge in [-0.25, -0.2) is 4.98 Å². The van der Waals surface area contributed by atoms with E-state index in [4.69, 9.17) is 5.26 Å². The Labute approximate surface area is 157 Å². The first kappa shape index (κ1) is 17.1. The standard InChI is InChI=1S/C20H20N4OS/c21-11-14-1-6-19(22-12-14)26-17-4-2-16(3-5-17)20(25)23-18-13-24-9-7-15(18)8-10-24/h1-6,12,15,18H,7-10,13H2,(H,23,25)/t18-/m0/s1. The number of amides is 1. The molecule has 5 nitrogen and oxygen atoms in total. The van der Waals surface area contributed by atoms with Crippen molar-refractivity contribution in [3.8, 4) is 6.07 Å². The van der Waals surface area contributed by atoms with Crippen molar-refractivity contribution >= 4 is 17.7 Å². The topological polar surface area (TPSA) is 69.0 Å². The van der Waals surface area contributed by atoms with Gasteiger partial charge in [-0.1, -0.05) is 11.8 Å². The number of rotatable bonds is 4. The average molecular weight is 364 g/mol. The van der Waals surface area contributed by atoms with Crippen molar-refractivity contribution in [2.24, 2.45) is 5.92 Å². The highest BCUT2D eigenvalue weighted by Gasteiger charge is 2.34. The van der Waals surface area contributed by atoms with Gasteiger partial charge in [0, 0.05) is 29.2 Å². The van der Waals surface area contributed by atoms with Crippen LogP contribution >= 0.6 is 11.8 Å². The minimum absolute atomic E-state index is 0.0109. The van der Waals surface area contributed by atoms with E-state index in [1.807, 2.05) is 30.3 Å². The highest BCUT2D eigenvalue weighted by atomic mass is 32.2. The first-order valence-electron chi connectivity index (χ1n) is 8.88. The summed E-state index contributed by atoms with van der Waals surface area (Å²) in [6, 6.07) is 13.5. The molecule has 6 heteroatoms. The van der Waals surface area contributed by atoms with Crippen LogP contribution in [0.5, 0.6) is 0 Å². The van der Waals surface area contributed by atoms with Gasteiger partial charge in [-0.05, 0) is 68.2 Å². The number of pyridine rings is 1. The van der Waals surface area contributed by atoms with Crippen LogP contribution in [0.4, 0.5) is 0 Å². The second-order valence-electron chi connectivity index (χ2n) is 6.84. The molecule has 1 amide bonds. The molecule has 0 spiro atoms. The molecule has 1 aromatic heterocycles. The number of nitrogens with zero attached hydrogens (tertiary/aromatic N) is 3. The minimum atomic E-state index is 0.0109. The summed E-state index contributed by atoms with van der Waals surface area (Å²) in [4.78, 5) is 20.3. The molecule has 26 heavy (non-hydrogen) atoms. The maximum Gasteiger partial charge on any atom is 0.251 e. The van der Waals surface area contributed by atoms with E-state index in [0.717, 1.165) is 16.5 Å². The number of piperidine rings is 3. The van der Waals surface area contributed by atoms with Crippen LogP contribution in [-0.2, 0) is 0 Å². The monoisotopic (exact) mass is 364 g/mol. The van der Waals surface area contributed by atoms with E-state index in [9.17, 15) is 4.79 Å². The lowest BCUT2D eigenvalue weighted by Crippen LogP contribution is -2.57. The lowest BCUT2D eigenvalue weighted by molar-refractivity contribution is 0.0620. The molecule has 1 atom stereocenters. The van der Waals surface area contributed by atoms with E-state index in [1.54, 1.807) is 12.3 Å². The molecule has 3 fully saturated rings. The van der Waals surface area contributed by atoms with Crippen LogP contribution in [0.15, 0.2) is 52.5 Å². The van der Waals surface area contributed by atoms with Crippen molar-refractivity contribution < 1.29 is 4.79 Å². The van der Waals surface area contributed by atoms with E-state index < -0.39 is 0 Å². The first-order valence-corrected chi connectivity index (χ1v) is 9.70. The van der Waals surface area contributed by atoms with Gasteiger partial charge in [0.15, 0.2) is 0 Å². The summed E-state index contributed by atoms with van der Waals surface area (Å²) in [5.41, 5.74) is 1.24. The Hall–Kier alpha value is -2.36. The third kappa shape index (κ3) is 3.74. The maximum atomic E-state index is 12.5. The second-order valence-corrected chi connectivity index (χ2v) is 7.94. The molecule has 3 saturated heterocycles. The molecular weight excluding hydrogens is 344 g/mol. The summed E-state index contributed by atoms with van der Waals surface area (Å²) in [7, 11) is 0. The number of carbonyl (C=O) groups excluding carboxylic acids is 1. The lowest BCUT2D eigenvalue weighted by atomic mass is 9.84. The number of benzene rings is 1. The summed E-state index contributed by atoms with van der Waals surface area (Å²) in [6.45, 7) is 3.33. The predicted molar refractivity (Wildman–Crippen MR) is 99.9 cm³/mol. The molecule has 3 aliphatic heterocycles. The minimum Gasteiger partial charge on any atom is -0.348 e. The Bertz CT molecular complexity index is 820. The largest absolute Gasteiger partial charge is 0.348 e. The van der Waals surface area contributed by atoms with Crippen LogP contribution in [0, 0.1) is 17.2 Å². The van der Waals surface area contributed by atoms with E-state index >= 15 is 0 Å². The molecule has 132 valence electrons. The van der Waals surface area contributed by atoms with Crippen LogP contribution in [0.25, 0.3) is 0 Å². The molecule has 0 saturated carbocycles. The van der Waals surface area contributed by atoms with E-state index in [1.165, 1.54) is 37.7 Å². The summed E-state index contributed by atoms with van der Waals surface area (Å²) < 4.78 is 0. The van der Waals surface area contributed by atoms with Crippen molar-refractivity contribution in [2.45, 2.75) is 28.8 Å². The second kappa shape index (κ2) is 7.48. The van der Waals surface area contributed by atoms with E-state index in [0.29, 0.717) is 17.0 Å². The number of hydrogen-bond donors (Lipinski definition) is 1. The highest BCUT2D eigenvalue weighted by Crippen LogP contribution is 2.28. The van der Waals surface area contributed by atoms with Crippen LogP contribution in [0.1, 0.15) is 28.8 Å². The maximum absolute atomic E-state index is 12.5. The zero-order chi connectivity index (χ0) is 17.9. The van der Waals surface area contributed by atoms with Gasteiger partial charge in [-0.3, -0.25) is 4.79 Å². The van der Waals surface area contributed by atoms with Crippen molar-refractivity contribution in [1.29, 1.82) is 5.26 Å². The molecule has 2 aromatic rings. The third-order valence-electron chi connectivity index (χ3n) is 5.18. The van der Waals surface area contributed by atoms with E-state index in [-0.39, 0.29) is 11.9 Å². The van der Waals surface area contributed by atoms with Crippen LogP contribution in [0.2, 0.25) is 0 Å².